The number of aliphatic imine (C=N–C) groups is 1. The number of benzene rings is 2. The lowest BCUT2D eigenvalue weighted by Crippen LogP contribution is -2.35. The molecule has 2 aromatic heterocycles. The van der Waals surface area contributed by atoms with Gasteiger partial charge in [-0.3, -0.25) is 15.2 Å². The molecule has 4 heterocycles. The summed E-state index contributed by atoms with van der Waals surface area (Å²) in [7, 11) is 0. The molecule has 0 aliphatic carbocycles. The minimum Gasteiger partial charge on any atom is -0.492 e. The van der Waals surface area contributed by atoms with Gasteiger partial charge in [-0.2, -0.15) is 15.1 Å². The number of halogens is 1. The van der Waals surface area contributed by atoms with Gasteiger partial charge in [-0.15, -0.1) is 0 Å². The van der Waals surface area contributed by atoms with Gasteiger partial charge in [0.1, 0.15) is 17.4 Å². The number of nitrogens with zero attached hydrogens (tertiary/aromatic N) is 5. The largest absolute Gasteiger partial charge is 0.492 e. The molecular formula is C28H21ClN6O2S. The maximum Gasteiger partial charge on any atom is 0.283 e. The number of rotatable bonds is 6. The number of amidine groups is 2. The van der Waals surface area contributed by atoms with Gasteiger partial charge in [0, 0.05) is 45.6 Å². The standard InChI is InChI=1S/C28H21ClN6O2S/c1-17-13-20(8-9-23(17)29)37-12-11-34-16-19(21-6-2-3-7-24(21)34)14-22-25(30)35-28(32-26(22)36)38-27(33-35)18-5-4-10-31-15-18/h2-10,13-16,30H,11-12H2,1H3/b22-14+,30-25?. The second-order valence-electron chi connectivity index (χ2n) is 8.72. The molecule has 0 radical (unpaired) electrons. The number of amides is 1. The molecule has 188 valence electrons. The van der Waals surface area contributed by atoms with Crippen molar-refractivity contribution in [3.05, 3.63) is 100 Å². The van der Waals surface area contributed by atoms with Crippen LogP contribution in [-0.2, 0) is 11.3 Å². The summed E-state index contributed by atoms with van der Waals surface area (Å²) in [6.45, 7) is 2.99. The maximum absolute atomic E-state index is 13.0. The minimum atomic E-state index is -0.463. The van der Waals surface area contributed by atoms with Crippen LogP contribution in [0.1, 0.15) is 16.7 Å². The van der Waals surface area contributed by atoms with Gasteiger partial charge >= 0.3 is 0 Å². The topological polar surface area (TPSA) is 95.9 Å². The molecule has 0 saturated heterocycles. The summed E-state index contributed by atoms with van der Waals surface area (Å²) in [6.07, 6.45) is 7.06. The molecule has 0 saturated carbocycles. The number of aromatic nitrogens is 2. The van der Waals surface area contributed by atoms with Crippen LogP contribution < -0.4 is 4.74 Å². The smallest absolute Gasteiger partial charge is 0.283 e. The number of carbonyl (C=O) groups is 1. The molecule has 4 aromatic rings. The maximum atomic E-state index is 13.0. The number of para-hydroxylation sites is 1. The number of hydrogen-bond acceptors (Lipinski definition) is 6. The fraction of sp³-hybridized carbons (Fsp3) is 0.107. The lowest BCUT2D eigenvalue weighted by Gasteiger charge is -2.20. The van der Waals surface area contributed by atoms with Crippen LogP contribution in [0.25, 0.3) is 17.0 Å². The number of aryl methyl sites for hydroxylation is 1. The highest BCUT2D eigenvalue weighted by atomic mass is 35.5. The summed E-state index contributed by atoms with van der Waals surface area (Å²) in [5, 5.41) is 17.4. The Hall–Kier alpha value is -4.21. The van der Waals surface area contributed by atoms with E-state index in [4.69, 9.17) is 21.7 Å². The molecule has 0 bridgehead atoms. The highest BCUT2D eigenvalue weighted by molar-refractivity contribution is 8.27. The van der Waals surface area contributed by atoms with Crippen molar-refractivity contribution >= 4 is 62.3 Å². The first-order valence-corrected chi connectivity index (χ1v) is 13.0. The lowest BCUT2D eigenvalue weighted by atomic mass is 10.1. The normalized spacial score (nSPS) is 16.2. The minimum absolute atomic E-state index is 0.00957. The number of hydrazone groups is 1. The van der Waals surface area contributed by atoms with E-state index in [1.54, 1.807) is 18.5 Å². The fourth-order valence-corrected chi connectivity index (χ4v) is 5.30. The van der Waals surface area contributed by atoms with E-state index in [0.717, 1.165) is 33.3 Å². The Morgan fingerprint density at radius 2 is 2.03 bits per heavy atom. The summed E-state index contributed by atoms with van der Waals surface area (Å²) in [5.74, 6) is 0.287. The van der Waals surface area contributed by atoms with Crippen LogP contribution in [0.2, 0.25) is 5.02 Å². The number of nitrogens with one attached hydrogen (secondary N) is 1. The average molecular weight is 541 g/mol. The SMILES string of the molecule is Cc1cc(OCCn2cc(/C=C3\C(=N)N4N=C(c5cccnc5)SC4=NC3=O)c3ccccc32)ccc1Cl. The predicted molar refractivity (Wildman–Crippen MR) is 152 cm³/mol. The molecule has 2 aliphatic heterocycles. The van der Waals surface area contributed by atoms with E-state index in [2.05, 4.69) is 19.6 Å². The summed E-state index contributed by atoms with van der Waals surface area (Å²) >= 11 is 7.37. The van der Waals surface area contributed by atoms with E-state index in [1.807, 2.05) is 67.7 Å². The molecular weight excluding hydrogens is 520 g/mol. The van der Waals surface area contributed by atoms with Crippen molar-refractivity contribution in [3.63, 3.8) is 0 Å². The molecule has 0 atom stereocenters. The number of fused-ring (bicyclic) bond motifs is 2. The molecule has 6 rings (SSSR count). The number of pyridine rings is 1. The van der Waals surface area contributed by atoms with Gasteiger partial charge in [0.15, 0.2) is 5.84 Å². The van der Waals surface area contributed by atoms with Crippen LogP contribution in [0.5, 0.6) is 5.75 Å². The summed E-state index contributed by atoms with van der Waals surface area (Å²) < 4.78 is 8.04. The zero-order valence-corrected chi connectivity index (χ0v) is 21.8. The van der Waals surface area contributed by atoms with Crippen molar-refractivity contribution in [1.82, 2.24) is 14.6 Å². The van der Waals surface area contributed by atoms with Gasteiger partial charge in [-0.05, 0) is 66.7 Å². The van der Waals surface area contributed by atoms with Gasteiger partial charge in [0.2, 0.25) is 5.17 Å². The highest BCUT2D eigenvalue weighted by Crippen LogP contribution is 2.32. The summed E-state index contributed by atoms with van der Waals surface area (Å²) in [4.78, 5) is 21.3. The number of ether oxygens (including phenoxy) is 1. The van der Waals surface area contributed by atoms with Gasteiger partial charge in [-0.25, -0.2) is 0 Å². The van der Waals surface area contributed by atoms with Crippen LogP contribution in [0.4, 0.5) is 0 Å². The molecule has 0 fully saturated rings. The van der Waals surface area contributed by atoms with E-state index in [9.17, 15) is 4.79 Å². The van der Waals surface area contributed by atoms with Crippen LogP contribution in [-0.4, -0.2) is 43.1 Å². The van der Waals surface area contributed by atoms with Crippen LogP contribution >= 0.6 is 23.4 Å². The molecule has 8 nitrogen and oxygen atoms in total. The molecule has 2 aromatic carbocycles. The van der Waals surface area contributed by atoms with Crippen molar-refractivity contribution in [3.8, 4) is 5.75 Å². The van der Waals surface area contributed by atoms with Gasteiger partial charge in [0.05, 0.1) is 12.1 Å². The zero-order valence-electron chi connectivity index (χ0n) is 20.3. The van der Waals surface area contributed by atoms with E-state index in [0.29, 0.717) is 28.4 Å². The van der Waals surface area contributed by atoms with Crippen molar-refractivity contribution in [2.45, 2.75) is 13.5 Å². The van der Waals surface area contributed by atoms with E-state index >= 15 is 0 Å². The van der Waals surface area contributed by atoms with Crippen LogP contribution in [0.15, 0.2) is 88.9 Å². The Morgan fingerprint density at radius 3 is 2.84 bits per heavy atom. The van der Waals surface area contributed by atoms with Crippen LogP contribution in [0, 0.1) is 12.3 Å². The zero-order chi connectivity index (χ0) is 26.2. The third-order valence-electron chi connectivity index (χ3n) is 6.21. The predicted octanol–water partition coefficient (Wildman–Crippen LogP) is 5.74. The van der Waals surface area contributed by atoms with E-state index in [1.165, 1.54) is 16.8 Å². The monoisotopic (exact) mass is 540 g/mol. The van der Waals surface area contributed by atoms with Crippen molar-refractivity contribution in [2.24, 2.45) is 10.1 Å². The molecule has 10 heteroatoms. The first-order valence-electron chi connectivity index (χ1n) is 11.9. The quantitative estimate of drug-likeness (QED) is 0.314. The lowest BCUT2D eigenvalue weighted by molar-refractivity contribution is -0.114. The molecule has 1 amide bonds. The Balaban J connectivity index is 1.27. The first kappa shape index (κ1) is 24.1. The average Bonchev–Trinajstić information content (AvgIpc) is 3.51. The summed E-state index contributed by atoms with van der Waals surface area (Å²) in [5.41, 5.74) is 3.77. The van der Waals surface area contributed by atoms with Gasteiger partial charge in [-0.1, -0.05) is 29.8 Å². The molecule has 2 aliphatic rings. The van der Waals surface area contributed by atoms with Crippen molar-refractivity contribution in [1.29, 1.82) is 5.41 Å². The van der Waals surface area contributed by atoms with Gasteiger partial charge in [0.25, 0.3) is 5.91 Å². The molecule has 0 spiro atoms. The van der Waals surface area contributed by atoms with Gasteiger partial charge < -0.3 is 9.30 Å². The third-order valence-corrected chi connectivity index (χ3v) is 7.59. The van der Waals surface area contributed by atoms with E-state index in [-0.39, 0.29) is 11.4 Å². The summed E-state index contributed by atoms with van der Waals surface area (Å²) in [6, 6.07) is 17.2. The molecule has 1 N–H and O–H groups in total. The molecule has 0 unspecified atom stereocenters. The Bertz CT molecular complexity index is 1690. The van der Waals surface area contributed by atoms with Crippen molar-refractivity contribution < 1.29 is 9.53 Å². The Labute approximate surface area is 227 Å². The Morgan fingerprint density at radius 1 is 1.16 bits per heavy atom. The second-order valence-corrected chi connectivity index (χ2v) is 10.1. The number of hydrogen-bond donors (Lipinski definition) is 1. The van der Waals surface area contributed by atoms with Crippen molar-refractivity contribution in [2.75, 3.05) is 6.61 Å². The van der Waals surface area contributed by atoms with Crippen LogP contribution in [0.3, 0.4) is 0 Å². The second kappa shape index (κ2) is 9.92. The number of thioether (sulfide) groups is 1. The number of carbonyl (C=O) groups excluding carboxylic acids is 1. The highest BCUT2D eigenvalue weighted by Gasteiger charge is 2.36. The van der Waals surface area contributed by atoms with E-state index < -0.39 is 5.91 Å². The fourth-order valence-electron chi connectivity index (χ4n) is 4.30. The third kappa shape index (κ3) is 4.51. The molecule has 38 heavy (non-hydrogen) atoms. The first-order chi connectivity index (χ1) is 18.5. The Kier molecular flexibility index (Phi) is 6.30.